The zero-order valence-corrected chi connectivity index (χ0v) is 10.0. The highest BCUT2D eigenvalue weighted by molar-refractivity contribution is 4.75. The Labute approximate surface area is 88.4 Å². The molecule has 1 aliphatic heterocycles. The molecule has 0 bridgehead atoms. The normalized spacial score (nSPS) is 28.7. The zero-order chi connectivity index (χ0) is 10.6. The van der Waals surface area contributed by atoms with Crippen LogP contribution in [0, 0.1) is 11.8 Å². The summed E-state index contributed by atoms with van der Waals surface area (Å²) in [5.41, 5.74) is 0. The van der Waals surface area contributed by atoms with Gasteiger partial charge < -0.3 is 10.1 Å². The highest BCUT2D eigenvalue weighted by atomic mass is 16.5. The van der Waals surface area contributed by atoms with Crippen LogP contribution < -0.4 is 5.32 Å². The third-order valence-corrected chi connectivity index (χ3v) is 2.98. The molecule has 1 saturated heterocycles. The molecule has 0 amide bonds. The van der Waals surface area contributed by atoms with Crippen LogP contribution >= 0.6 is 0 Å². The molecule has 2 nitrogen and oxygen atoms in total. The van der Waals surface area contributed by atoms with Gasteiger partial charge in [0.25, 0.3) is 0 Å². The molecule has 0 radical (unpaired) electrons. The number of rotatable bonds is 4. The first-order chi connectivity index (χ1) is 6.59. The molecule has 0 saturated carbocycles. The third kappa shape index (κ3) is 3.97. The summed E-state index contributed by atoms with van der Waals surface area (Å²) in [6, 6.07) is 0.607. The summed E-state index contributed by atoms with van der Waals surface area (Å²) >= 11 is 0. The van der Waals surface area contributed by atoms with Crippen molar-refractivity contribution in [2.24, 2.45) is 11.8 Å². The highest BCUT2D eigenvalue weighted by Gasteiger charge is 2.24. The summed E-state index contributed by atoms with van der Waals surface area (Å²) in [7, 11) is 0. The van der Waals surface area contributed by atoms with Crippen LogP contribution in [-0.4, -0.2) is 25.3 Å². The van der Waals surface area contributed by atoms with E-state index in [-0.39, 0.29) is 0 Å². The van der Waals surface area contributed by atoms with Gasteiger partial charge in [-0.1, -0.05) is 27.7 Å². The first-order valence-electron chi connectivity index (χ1n) is 5.94. The van der Waals surface area contributed by atoms with Gasteiger partial charge in [-0.15, -0.1) is 0 Å². The average Bonchev–Trinajstić information content (AvgIpc) is 2.15. The maximum Gasteiger partial charge on any atom is 0.0601 e. The van der Waals surface area contributed by atoms with Crippen molar-refractivity contribution in [2.45, 2.75) is 52.7 Å². The van der Waals surface area contributed by atoms with Crippen molar-refractivity contribution >= 4 is 0 Å². The van der Waals surface area contributed by atoms with Crippen LogP contribution in [0.3, 0.4) is 0 Å². The molecule has 1 rings (SSSR count). The van der Waals surface area contributed by atoms with E-state index < -0.39 is 0 Å². The Balaban J connectivity index is 2.25. The van der Waals surface area contributed by atoms with Crippen molar-refractivity contribution in [3.05, 3.63) is 0 Å². The molecule has 84 valence electrons. The van der Waals surface area contributed by atoms with E-state index in [9.17, 15) is 0 Å². The molecule has 2 heteroatoms. The van der Waals surface area contributed by atoms with E-state index in [2.05, 4.69) is 33.0 Å². The van der Waals surface area contributed by atoms with Gasteiger partial charge in [-0.05, 0) is 31.2 Å². The van der Waals surface area contributed by atoms with Gasteiger partial charge in [-0.3, -0.25) is 0 Å². The number of ether oxygens (including phenoxy) is 1. The van der Waals surface area contributed by atoms with Gasteiger partial charge in [-0.2, -0.15) is 0 Å². The van der Waals surface area contributed by atoms with E-state index in [4.69, 9.17) is 4.74 Å². The lowest BCUT2D eigenvalue weighted by molar-refractivity contribution is -0.0338. The first kappa shape index (κ1) is 12.0. The Bertz CT molecular complexity index is 156. The zero-order valence-electron chi connectivity index (χ0n) is 10.0. The minimum atomic E-state index is 0.489. The second kappa shape index (κ2) is 5.72. The second-order valence-electron chi connectivity index (χ2n) is 5.11. The number of hydrogen-bond donors (Lipinski definition) is 1. The lowest BCUT2D eigenvalue weighted by atomic mass is 9.90. The SMILES string of the molecule is CC(C)NCC1CCOC(C(C)C)C1. The predicted octanol–water partition coefficient (Wildman–Crippen LogP) is 2.44. The van der Waals surface area contributed by atoms with Crippen LogP contribution in [0.25, 0.3) is 0 Å². The summed E-state index contributed by atoms with van der Waals surface area (Å²) < 4.78 is 5.75. The summed E-state index contributed by atoms with van der Waals surface area (Å²) in [6.45, 7) is 11.0. The van der Waals surface area contributed by atoms with Crippen LogP contribution in [-0.2, 0) is 4.74 Å². The maximum absolute atomic E-state index is 5.75. The van der Waals surface area contributed by atoms with Crippen molar-refractivity contribution in [2.75, 3.05) is 13.2 Å². The molecule has 1 fully saturated rings. The van der Waals surface area contributed by atoms with Gasteiger partial charge in [0.15, 0.2) is 0 Å². The fourth-order valence-corrected chi connectivity index (χ4v) is 1.95. The topological polar surface area (TPSA) is 21.3 Å². The molecule has 0 spiro atoms. The largest absolute Gasteiger partial charge is 0.378 e. The van der Waals surface area contributed by atoms with Crippen LogP contribution in [0.4, 0.5) is 0 Å². The standard InChI is InChI=1S/C12H25NO/c1-9(2)12-7-11(5-6-14-12)8-13-10(3)4/h9-13H,5-8H2,1-4H3. The molecule has 1 heterocycles. The fraction of sp³-hybridized carbons (Fsp3) is 1.00. The monoisotopic (exact) mass is 199 g/mol. The van der Waals surface area contributed by atoms with Gasteiger partial charge in [0, 0.05) is 12.6 Å². The van der Waals surface area contributed by atoms with E-state index in [1.54, 1.807) is 0 Å². The molecule has 0 aliphatic carbocycles. The lowest BCUT2D eigenvalue weighted by Crippen LogP contribution is -2.36. The molecule has 2 unspecified atom stereocenters. The van der Waals surface area contributed by atoms with Gasteiger partial charge >= 0.3 is 0 Å². The molecule has 2 atom stereocenters. The molecule has 0 aromatic heterocycles. The lowest BCUT2D eigenvalue weighted by Gasteiger charge is -2.32. The van der Waals surface area contributed by atoms with Gasteiger partial charge in [-0.25, -0.2) is 0 Å². The van der Waals surface area contributed by atoms with Crippen molar-refractivity contribution in [1.82, 2.24) is 5.32 Å². The third-order valence-electron chi connectivity index (χ3n) is 2.98. The minimum Gasteiger partial charge on any atom is -0.378 e. The van der Waals surface area contributed by atoms with Crippen LogP contribution in [0.1, 0.15) is 40.5 Å². The Morgan fingerprint density at radius 3 is 2.57 bits per heavy atom. The maximum atomic E-state index is 5.75. The van der Waals surface area contributed by atoms with Gasteiger partial charge in [0.1, 0.15) is 0 Å². The summed E-state index contributed by atoms with van der Waals surface area (Å²) in [5.74, 6) is 1.48. The van der Waals surface area contributed by atoms with E-state index in [0.717, 1.165) is 19.1 Å². The van der Waals surface area contributed by atoms with E-state index in [1.807, 2.05) is 0 Å². The first-order valence-corrected chi connectivity index (χ1v) is 5.94. The molecular weight excluding hydrogens is 174 g/mol. The average molecular weight is 199 g/mol. The molecule has 14 heavy (non-hydrogen) atoms. The van der Waals surface area contributed by atoms with E-state index in [0.29, 0.717) is 18.1 Å². The summed E-state index contributed by atoms with van der Waals surface area (Å²) in [6.07, 6.45) is 2.95. The molecule has 1 N–H and O–H groups in total. The summed E-state index contributed by atoms with van der Waals surface area (Å²) in [5, 5.41) is 3.52. The molecule has 1 aliphatic rings. The fourth-order valence-electron chi connectivity index (χ4n) is 1.95. The Morgan fingerprint density at radius 2 is 2.00 bits per heavy atom. The quantitative estimate of drug-likeness (QED) is 0.751. The second-order valence-corrected chi connectivity index (χ2v) is 5.11. The van der Waals surface area contributed by atoms with Crippen LogP contribution in [0.2, 0.25) is 0 Å². The van der Waals surface area contributed by atoms with Crippen molar-refractivity contribution in [3.63, 3.8) is 0 Å². The van der Waals surface area contributed by atoms with Gasteiger partial charge in [0.2, 0.25) is 0 Å². The summed E-state index contributed by atoms with van der Waals surface area (Å²) in [4.78, 5) is 0. The van der Waals surface area contributed by atoms with Crippen LogP contribution in [0.15, 0.2) is 0 Å². The molecule has 0 aromatic carbocycles. The molecule has 0 aromatic rings. The number of hydrogen-bond acceptors (Lipinski definition) is 2. The van der Waals surface area contributed by atoms with Gasteiger partial charge in [0.05, 0.1) is 6.10 Å². The molecular formula is C12H25NO. The van der Waals surface area contributed by atoms with Crippen molar-refractivity contribution in [3.8, 4) is 0 Å². The van der Waals surface area contributed by atoms with Crippen molar-refractivity contribution in [1.29, 1.82) is 0 Å². The highest BCUT2D eigenvalue weighted by Crippen LogP contribution is 2.24. The predicted molar refractivity (Wildman–Crippen MR) is 60.4 cm³/mol. The minimum absolute atomic E-state index is 0.489. The van der Waals surface area contributed by atoms with E-state index in [1.165, 1.54) is 12.8 Å². The van der Waals surface area contributed by atoms with Crippen molar-refractivity contribution < 1.29 is 4.74 Å². The number of nitrogens with one attached hydrogen (secondary N) is 1. The van der Waals surface area contributed by atoms with E-state index >= 15 is 0 Å². The Kier molecular flexibility index (Phi) is 4.90. The Morgan fingerprint density at radius 1 is 1.29 bits per heavy atom. The Hall–Kier alpha value is -0.0800. The van der Waals surface area contributed by atoms with Crippen LogP contribution in [0.5, 0.6) is 0 Å². The smallest absolute Gasteiger partial charge is 0.0601 e.